The van der Waals surface area contributed by atoms with Crippen molar-refractivity contribution in [1.82, 2.24) is 4.90 Å². The molecule has 1 amide bonds. The molecular formula is C14H19NO4S. The van der Waals surface area contributed by atoms with E-state index in [1.165, 1.54) is 4.90 Å². The van der Waals surface area contributed by atoms with E-state index in [-0.39, 0.29) is 24.0 Å². The van der Waals surface area contributed by atoms with Crippen LogP contribution in [-0.2, 0) is 14.6 Å². The van der Waals surface area contributed by atoms with Gasteiger partial charge in [0.2, 0.25) is 0 Å². The van der Waals surface area contributed by atoms with Crippen molar-refractivity contribution in [2.45, 2.75) is 18.9 Å². The second-order valence-corrected chi connectivity index (χ2v) is 7.58. The van der Waals surface area contributed by atoms with Crippen LogP contribution in [-0.4, -0.2) is 49.9 Å². The number of carbonyl (C=O) groups is 1. The first-order valence-electron chi connectivity index (χ1n) is 6.47. The Balaban J connectivity index is 1.96. The summed E-state index contributed by atoms with van der Waals surface area (Å²) in [5.41, 5.74) is -0.629. The summed E-state index contributed by atoms with van der Waals surface area (Å²) in [5.74, 6) is 0.570. The van der Waals surface area contributed by atoms with Crippen LogP contribution in [0.15, 0.2) is 30.3 Å². The van der Waals surface area contributed by atoms with E-state index in [0.29, 0.717) is 12.2 Å². The van der Waals surface area contributed by atoms with Crippen LogP contribution in [0, 0.1) is 0 Å². The van der Waals surface area contributed by atoms with Gasteiger partial charge in [-0.05, 0) is 25.5 Å². The Morgan fingerprint density at radius 1 is 1.35 bits per heavy atom. The third-order valence-electron chi connectivity index (χ3n) is 3.77. The van der Waals surface area contributed by atoms with Crippen molar-refractivity contribution in [2.24, 2.45) is 0 Å². The van der Waals surface area contributed by atoms with E-state index >= 15 is 0 Å². The van der Waals surface area contributed by atoms with E-state index in [1.54, 1.807) is 26.1 Å². The number of sulfone groups is 1. The highest BCUT2D eigenvalue weighted by Crippen LogP contribution is 2.28. The van der Waals surface area contributed by atoms with E-state index in [0.717, 1.165) is 0 Å². The minimum atomic E-state index is -3.03. The third-order valence-corrected chi connectivity index (χ3v) is 5.66. The van der Waals surface area contributed by atoms with Crippen molar-refractivity contribution in [1.29, 1.82) is 0 Å². The highest BCUT2D eigenvalue weighted by molar-refractivity contribution is 7.91. The van der Waals surface area contributed by atoms with Gasteiger partial charge in [-0.2, -0.15) is 0 Å². The van der Waals surface area contributed by atoms with E-state index in [2.05, 4.69) is 0 Å². The zero-order valence-corrected chi connectivity index (χ0v) is 12.5. The minimum absolute atomic E-state index is 0.0214. The van der Waals surface area contributed by atoms with Crippen LogP contribution in [0.2, 0.25) is 0 Å². The highest BCUT2D eigenvalue weighted by Gasteiger charge is 2.43. The van der Waals surface area contributed by atoms with Gasteiger partial charge < -0.3 is 9.64 Å². The molecule has 0 N–H and O–H groups in total. The summed E-state index contributed by atoms with van der Waals surface area (Å²) in [6.07, 6.45) is 0.475. The molecule has 0 bridgehead atoms. The second-order valence-electron chi connectivity index (χ2n) is 5.39. The number of para-hydroxylation sites is 1. The quantitative estimate of drug-likeness (QED) is 0.835. The number of nitrogens with zero attached hydrogens (tertiary/aromatic N) is 1. The van der Waals surface area contributed by atoms with Crippen LogP contribution in [0.25, 0.3) is 0 Å². The molecule has 5 nitrogen and oxygen atoms in total. The zero-order valence-electron chi connectivity index (χ0n) is 11.7. The minimum Gasteiger partial charge on any atom is -0.484 e. The molecule has 6 heteroatoms. The largest absolute Gasteiger partial charge is 0.484 e. The van der Waals surface area contributed by atoms with Crippen molar-refractivity contribution >= 4 is 15.7 Å². The molecule has 1 unspecified atom stereocenters. The summed E-state index contributed by atoms with van der Waals surface area (Å²) < 4.78 is 28.6. The number of hydrogen-bond donors (Lipinski definition) is 0. The van der Waals surface area contributed by atoms with Gasteiger partial charge in [-0.25, -0.2) is 8.42 Å². The molecule has 20 heavy (non-hydrogen) atoms. The van der Waals surface area contributed by atoms with Gasteiger partial charge in [-0.15, -0.1) is 0 Å². The fourth-order valence-electron chi connectivity index (χ4n) is 2.32. The molecule has 1 aromatic carbocycles. The smallest absolute Gasteiger partial charge is 0.260 e. The molecule has 0 aromatic heterocycles. The summed E-state index contributed by atoms with van der Waals surface area (Å²) in [6, 6.07) is 9.07. The van der Waals surface area contributed by atoms with E-state index in [9.17, 15) is 13.2 Å². The molecule has 1 atom stereocenters. The molecule has 1 heterocycles. The molecule has 0 spiro atoms. The lowest BCUT2D eigenvalue weighted by Gasteiger charge is -2.34. The van der Waals surface area contributed by atoms with Crippen LogP contribution in [0.3, 0.4) is 0 Å². The summed E-state index contributed by atoms with van der Waals surface area (Å²) in [5, 5.41) is 0. The van der Waals surface area contributed by atoms with E-state index < -0.39 is 15.4 Å². The lowest BCUT2D eigenvalue weighted by atomic mass is 10.00. The molecule has 0 radical (unpaired) electrons. The van der Waals surface area contributed by atoms with Gasteiger partial charge in [0.05, 0.1) is 17.0 Å². The number of hydrogen-bond acceptors (Lipinski definition) is 4. The van der Waals surface area contributed by atoms with Crippen molar-refractivity contribution in [3.8, 4) is 5.75 Å². The Labute approximate surface area is 119 Å². The summed E-state index contributed by atoms with van der Waals surface area (Å²) >= 11 is 0. The van der Waals surface area contributed by atoms with Gasteiger partial charge in [0, 0.05) is 7.05 Å². The zero-order chi connectivity index (χ0) is 14.8. The number of amides is 1. The van der Waals surface area contributed by atoms with Crippen LogP contribution in [0.4, 0.5) is 0 Å². The van der Waals surface area contributed by atoms with Crippen LogP contribution in [0.1, 0.15) is 13.3 Å². The number of carbonyl (C=O) groups excluding carboxylic acids is 1. The first-order valence-corrected chi connectivity index (χ1v) is 8.29. The highest BCUT2D eigenvalue weighted by atomic mass is 32.2. The Hall–Kier alpha value is -1.56. The molecule has 1 aliphatic heterocycles. The number of rotatable bonds is 4. The summed E-state index contributed by atoms with van der Waals surface area (Å²) in [7, 11) is -1.40. The topological polar surface area (TPSA) is 63.7 Å². The second kappa shape index (κ2) is 5.44. The molecule has 0 aliphatic carbocycles. The molecule has 1 aliphatic rings. The maximum atomic E-state index is 12.1. The Kier molecular flexibility index (Phi) is 4.04. The summed E-state index contributed by atoms with van der Waals surface area (Å²) in [6.45, 7) is 1.72. The predicted octanol–water partition coefficient (Wildman–Crippen LogP) is 1.10. The average Bonchev–Trinajstić information content (AvgIpc) is 2.71. The van der Waals surface area contributed by atoms with Gasteiger partial charge in [0.25, 0.3) is 5.91 Å². The predicted molar refractivity (Wildman–Crippen MR) is 76.4 cm³/mol. The Bertz CT molecular complexity index is 584. The van der Waals surface area contributed by atoms with Crippen LogP contribution < -0.4 is 4.74 Å². The van der Waals surface area contributed by atoms with Gasteiger partial charge in [0.1, 0.15) is 5.75 Å². The van der Waals surface area contributed by atoms with Gasteiger partial charge >= 0.3 is 0 Å². The average molecular weight is 297 g/mol. The standard InChI is InChI=1S/C14H19NO4S/c1-14(8-9-20(17,18)11-14)15(2)13(16)10-19-12-6-4-3-5-7-12/h3-7H,8-11H2,1-2H3. The van der Waals surface area contributed by atoms with Gasteiger partial charge in [0.15, 0.2) is 16.4 Å². The molecule has 110 valence electrons. The molecule has 1 saturated heterocycles. The van der Waals surface area contributed by atoms with Crippen molar-refractivity contribution in [3.63, 3.8) is 0 Å². The monoisotopic (exact) mass is 297 g/mol. The lowest BCUT2D eigenvalue weighted by Crippen LogP contribution is -2.49. The molecule has 0 saturated carbocycles. The number of benzene rings is 1. The molecular weight excluding hydrogens is 278 g/mol. The van der Waals surface area contributed by atoms with E-state index in [4.69, 9.17) is 4.74 Å². The normalized spacial score (nSPS) is 24.3. The van der Waals surface area contributed by atoms with Crippen molar-refractivity contribution in [3.05, 3.63) is 30.3 Å². The third kappa shape index (κ3) is 3.30. The lowest BCUT2D eigenvalue weighted by molar-refractivity contribution is -0.136. The first-order chi connectivity index (χ1) is 9.32. The fourth-order valence-corrected chi connectivity index (χ4v) is 4.50. The van der Waals surface area contributed by atoms with Gasteiger partial charge in [-0.3, -0.25) is 4.79 Å². The molecule has 2 rings (SSSR count). The van der Waals surface area contributed by atoms with Gasteiger partial charge in [-0.1, -0.05) is 18.2 Å². The number of likely N-dealkylation sites (N-methyl/N-ethyl adjacent to an activating group) is 1. The molecule has 1 aromatic rings. The number of ether oxygens (including phenoxy) is 1. The molecule has 1 fully saturated rings. The van der Waals surface area contributed by atoms with E-state index in [1.807, 2.05) is 18.2 Å². The maximum absolute atomic E-state index is 12.1. The summed E-state index contributed by atoms with van der Waals surface area (Å²) in [4.78, 5) is 13.6. The maximum Gasteiger partial charge on any atom is 0.260 e. The first kappa shape index (κ1) is 14.8. The SMILES string of the molecule is CN(C(=O)COc1ccccc1)C1(C)CCS(=O)(=O)C1. The fraction of sp³-hybridized carbons (Fsp3) is 0.500. The van der Waals surface area contributed by atoms with Crippen molar-refractivity contribution in [2.75, 3.05) is 25.2 Å². The van der Waals surface area contributed by atoms with Crippen LogP contribution >= 0.6 is 0 Å². The Morgan fingerprint density at radius 2 is 2.00 bits per heavy atom. The van der Waals surface area contributed by atoms with Crippen LogP contribution in [0.5, 0.6) is 5.75 Å². The Morgan fingerprint density at radius 3 is 2.55 bits per heavy atom. The van der Waals surface area contributed by atoms with Crippen molar-refractivity contribution < 1.29 is 17.9 Å².